The lowest BCUT2D eigenvalue weighted by Gasteiger charge is -2.12. The molecule has 160 valence electrons. The molecule has 0 spiro atoms. The molecule has 8 heteroatoms. The molecule has 0 saturated heterocycles. The number of carbonyl (C=O) groups is 2. The average molecular weight is 444 g/mol. The smallest absolute Gasteiger partial charge is 0.261 e. The maximum Gasteiger partial charge on any atom is 0.261 e. The molecule has 1 aliphatic rings. The van der Waals surface area contributed by atoms with Crippen LogP contribution in [0.15, 0.2) is 59.0 Å². The summed E-state index contributed by atoms with van der Waals surface area (Å²) in [5.74, 6) is 6.36. The summed E-state index contributed by atoms with van der Waals surface area (Å²) in [6.07, 6.45) is 3.92. The Morgan fingerprint density at radius 3 is 2.59 bits per heavy atom. The number of imide groups is 1. The van der Waals surface area contributed by atoms with Crippen LogP contribution in [-0.4, -0.2) is 34.5 Å². The van der Waals surface area contributed by atoms with Crippen LogP contribution < -0.4 is 11.2 Å². The maximum atomic E-state index is 12.4. The fourth-order valence-corrected chi connectivity index (χ4v) is 3.83. The molecule has 1 aromatic heterocycles. The molecule has 0 saturated carbocycles. The van der Waals surface area contributed by atoms with Gasteiger partial charge in [-0.05, 0) is 42.7 Å². The Morgan fingerprint density at radius 1 is 1.09 bits per heavy atom. The molecule has 0 atom stereocenters. The third kappa shape index (κ3) is 5.02. The number of aromatic nitrogens is 1. The van der Waals surface area contributed by atoms with Gasteiger partial charge < -0.3 is 5.73 Å². The van der Waals surface area contributed by atoms with E-state index in [1.807, 2.05) is 24.3 Å². The quantitative estimate of drug-likeness (QED) is 0.189. The van der Waals surface area contributed by atoms with Crippen molar-refractivity contribution in [3.05, 3.63) is 76.2 Å². The Bertz CT molecular complexity index is 1200. The van der Waals surface area contributed by atoms with E-state index >= 15 is 0 Å². The van der Waals surface area contributed by atoms with Gasteiger partial charge in [-0.2, -0.15) is 5.10 Å². The van der Waals surface area contributed by atoms with Crippen molar-refractivity contribution in [1.29, 1.82) is 0 Å². The lowest BCUT2D eigenvalue weighted by Crippen LogP contribution is -2.30. The Labute approximate surface area is 190 Å². The second kappa shape index (κ2) is 9.90. The zero-order valence-corrected chi connectivity index (χ0v) is 18.1. The van der Waals surface area contributed by atoms with Gasteiger partial charge in [-0.25, -0.2) is 4.98 Å². The van der Waals surface area contributed by atoms with Crippen LogP contribution in [0.1, 0.15) is 51.1 Å². The molecule has 0 bridgehead atoms. The van der Waals surface area contributed by atoms with E-state index in [0.29, 0.717) is 35.0 Å². The highest BCUT2D eigenvalue weighted by molar-refractivity contribution is 7.14. The molecule has 3 N–H and O–H groups in total. The van der Waals surface area contributed by atoms with E-state index in [2.05, 4.69) is 27.4 Å². The number of hydrogen-bond donors (Lipinski definition) is 2. The number of hydrogen-bond acceptors (Lipinski definition) is 7. The average Bonchev–Trinajstić information content (AvgIpc) is 3.32. The number of nitrogen functional groups attached to an aromatic ring is 1. The van der Waals surface area contributed by atoms with Gasteiger partial charge in [-0.15, -0.1) is 11.3 Å². The monoisotopic (exact) mass is 443 g/mol. The number of nitrogens with one attached hydrogen (secondary N) is 1. The number of carbonyl (C=O) groups excluding carboxylic acids is 2. The van der Waals surface area contributed by atoms with Crippen molar-refractivity contribution in [3.8, 4) is 11.8 Å². The summed E-state index contributed by atoms with van der Waals surface area (Å²) in [4.78, 5) is 30.1. The van der Waals surface area contributed by atoms with Crippen LogP contribution in [0.3, 0.4) is 0 Å². The van der Waals surface area contributed by atoms with Gasteiger partial charge in [0.2, 0.25) is 5.13 Å². The Kier molecular flexibility index (Phi) is 6.58. The molecule has 7 nitrogen and oxygen atoms in total. The number of thiazole rings is 1. The summed E-state index contributed by atoms with van der Waals surface area (Å²) < 4.78 is 0. The van der Waals surface area contributed by atoms with Crippen molar-refractivity contribution >= 4 is 40.3 Å². The van der Waals surface area contributed by atoms with Crippen molar-refractivity contribution in [2.75, 3.05) is 17.7 Å². The number of nitrogens with two attached hydrogens (primary N) is 1. The zero-order valence-electron chi connectivity index (χ0n) is 17.2. The van der Waals surface area contributed by atoms with Gasteiger partial charge in [-0.1, -0.05) is 36.1 Å². The van der Waals surface area contributed by atoms with Crippen molar-refractivity contribution in [1.82, 2.24) is 9.88 Å². The normalized spacial score (nSPS) is 12.7. The third-order valence-electron chi connectivity index (χ3n) is 4.83. The lowest BCUT2D eigenvalue weighted by molar-refractivity contribution is 0.0652. The molecule has 0 radical (unpaired) electrons. The predicted molar refractivity (Wildman–Crippen MR) is 127 cm³/mol. The first-order valence-corrected chi connectivity index (χ1v) is 11.0. The van der Waals surface area contributed by atoms with Gasteiger partial charge in [0.25, 0.3) is 11.8 Å². The van der Waals surface area contributed by atoms with E-state index < -0.39 is 0 Å². The summed E-state index contributed by atoms with van der Waals surface area (Å²) in [6, 6.07) is 14.7. The predicted octanol–water partition coefficient (Wildman–Crippen LogP) is 3.99. The number of fused-ring (bicyclic) bond motifs is 1. The molecular weight excluding hydrogens is 422 g/mol. The van der Waals surface area contributed by atoms with Crippen LogP contribution in [0.25, 0.3) is 0 Å². The van der Waals surface area contributed by atoms with Crippen molar-refractivity contribution in [3.63, 3.8) is 0 Å². The molecule has 0 unspecified atom stereocenters. The summed E-state index contributed by atoms with van der Waals surface area (Å²) >= 11 is 1.39. The highest BCUT2D eigenvalue weighted by Crippen LogP contribution is 2.22. The SMILES string of the molecule is Nc1csc(NN=Cc2cccc(C#CCCCCN3C(=O)c4ccccc4C3=O)c2)n1. The van der Waals surface area contributed by atoms with Crippen LogP contribution in [0.2, 0.25) is 0 Å². The van der Waals surface area contributed by atoms with E-state index in [4.69, 9.17) is 5.73 Å². The van der Waals surface area contributed by atoms with Gasteiger partial charge in [0.15, 0.2) is 0 Å². The molecule has 1 aliphatic heterocycles. The number of anilines is 2. The van der Waals surface area contributed by atoms with Gasteiger partial charge in [0.1, 0.15) is 5.82 Å². The number of nitrogens with zero attached hydrogens (tertiary/aromatic N) is 3. The summed E-state index contributed by atoms with van der Waals surface area (Å²) in [7, 11) is 0. The first-order valence-electron chi connectivity index (χ1n) is 10.2. The molecule has 3 aromatic rings. The second-order valence-corrected chi connectivity index (χ2v) is 8.00. The van der Waals surface area contributed by atoms with E-state index in [1.165, 1.54) is 16.2 Å². The van der Waals surface area contributed by atoms with Crippen LogP contribution in [-0.2, 0) is 0 Å². The third-order valence-corrected chi connectivity index (χ3v) is 5.59. The van der Waals surface area contributed by atoms with Crippen molar-refractivity contribution in [2.24, 2.45) is 5.10 Å². The molecule has 2 heterocycles. The maximum absolute atomic E-state index is 12.4. The molecule has 2 amide bonds. The standard InChI is InChI=1S/C24H21N5O2S/c25-21-16-32-24(27-21)28-26-15-18-10-7-9-17(14-18)8-3-1-2-6-13-29-22(30)19-11-4-5-12-20(19)23(29)31/h4-5,7,9-12,14-16H,1-2,6,13,25H2,(H,27,28). The largest absolute Gasteiger partial charge is 0.383 e. The number of benzene rings is 2. The summed E-state index contributed by atoms with van der Waals surface area (Å²) in [5, 5.41) is 6.54. The molecule has 0 aliphatic carbocycles. The Morgan fingerprint density at radius 2 is 1.88 bits per heavy atom. The molecular formula is C24H21N5O2S. The second-order valence-electron chi connectivity index (χ2n) is 7.14. The molecule has 0 fully saturated rings. The van der Waals surface area contributed by atoms with Gasteiger partial charge in [0.05, 0.1) is 17.3 Å². The first kappa shape index (κ1) is 21.3. The van der Waals surface area contributed by atoms with E-state index in [0.717, 1.165) is 24.0 Å². The number of hydrazone groups is 1. The topological polar surface area (TPSA) is 101 Å². The summed E-state index contributed by atoms with van der Waals surface area (Å²) in [6.45, 7) is 0.414. The minimum absolute atomic E-state index is 0.206. The molecule has 2 aromatic carbocycles. The zero-order chi connectivity index (χ0) is 22.3. The van der Waals surface area contributed by atoms with Crippen LogP contribution in [0.5, 0.6) is 0 Å². The highest BCUT2D eigenvalue weighted by Gasteiger charge is 2.34. The fourth-order valence-electron chi connectivity index (χ4n) is 3.29. The number of amides is 2. The van der Waals surface area contributed by atoms with Crippen molar-refractivity contribution < 1.29 is 9.59 Å². The fraction of sp³-hybridized carbons (Fsp3) is 0.167. The van der Waals surface area contributed by atoms with Crippen LogP contribution >= 0.6 is 11.3 Å². The summed E-state index contributed by atoms with van der Waals surface area (Å²) in [5.41, 5.74) is 11.2. The van der Waals surface area contributed by atoms with Gasteiger partial charge in [0, 0.05) is 23.9 Å². The van der Waals surface area contributed by atoms with Crippen LogP contribution in [0.4, 0.5) is 10.9 Å². The minimum atomic E-state index is -0.206. The minimum Gasteiger partial charge on any atom is -0.383 e. The van der Waals surface area contributed by atoms with Gasteiger partial charge in [-0.3, -0.25) is 19.9 Å². The number of rotatable bonds is 7. The van der Waals surface area contributed by atoms with Crippen LogP contribution in [0, 0.1) is 11.8 Å². The van der Waals surface area contributed by atoms with E-state index in [9.17, 15) is 9.59 Å². The highest BCUT2D eigenvalue weighted by atomic mass is 32.1. The number of unbranched alkanes of at least 4 members (excludes halogenated alkanes) is 2. The van der Waals surface area contributed by atoms with Crippen molar-refractivity contribution in [2.45, 2.75) is 19.3 Å². The molecule has 32 heavy (non-hydrogen) atoms. The van der Waals surface area contributed by atoms with E-state index in [-0.39, 0.29) is 11.8 Å². The van der Waals surface area contributed by atoms with E-state index in [1.54, 1.807) is 35.9 Å². The molecule has 4 rings (SSSR count). The Hall–Kier alpha value is -3.96. The van der Waals surface area contributed by atoms with Gasteiger partial charge >= 0.3 is 0 Å². The lowest BCUT2D eigenvalue weighted by atomic mass is 10.1. The Balaban J connectivity index is 1.23. The first-order chi connectivity index (χ1) is 15.6.